The number of hydrogen-bond donors (Lipinski definition) is 2. The normalized spacial score (nSPS) is 24.6. The largest absolute Gasteiger partial charge is 0.351 e. The van der Waals surface area contributed by atoms with Gasteiger partial charge in [0.25, 0.3) is 0 Å². The van der Waals surface area contributed by atoms with Crippen molar-refractivity contribution in [3.8, 4) is 0 Å². The first-order valence-corrected chi connectivity index (χ1v) is 5.23. The molecule has 1 heterocycles. The number of nitrogens with one attached hydrogen (secondary N) is 1. The van der Waals surface area contributed by atoms with E-state index in [2.05, 4.69) is 15.3 Å². The molecule has 6 heteroatoms. The molecule has 3 N–H and O–H groups in total. The molecule has 0 saturated heterocycles. The molecule has 0 aliphatic heterocycles. The third-order valence-electron chi connectivity index (χ3n) is 2.73. The predicted octanol–water partition coefficient (Wildman–Crippen LogP) is 1.72. The van der Waals surface area contributed by atoms with Crippen LogP contribution in [0.2, 0.25) is 0 Å². The van der Waals surface area contributed by atoms with E-state index >= 15 is 0 Å². The topological polar surface area (TPSA) is 63.8 Å². The fourth-order valence-electron chi connectivity index (χ4n) is 1.83. The first-order valence-electron chi connectivity index (χ1n) is 5.23. The Balaban J connectivity index is 0.00000128. The Labute approximate surface area is 100 Å². The molecule has 1 saturated carbocycles. The molecule has 0 radical (unpaired) electrons. The number of aromatic nitrogens is 2. The van der Waals surface area contributed by atoms with Gasteiger partial charge in [0.05, 0.1) is 12.4 Å². The third kappa shape index (κ3) is 3.57. The Kier molecular flexibility index (Phi) is 4.89. The summed E-state index contributed by atoms with van der Waals surface area (Å²) in [7, 11) is 0. The van der Waals surface area contributed by atoms with Crippen molar-refractivity contribution in [1.82, 2.24) is 9.97 Å². The molecule has 1 aromatic rings. The standard InChI is InChI=1S/C10H15FN4.ClH/c11-7-5-13-10(14-6-7)15-9-3-1-8(12)2-4-9;/h5-6,8-9H,1-4,12H2,(H,13,14,15);1H. The molecule has 4 nitrogen and oxygen atoms in total. The Morgan fingerprint density at radius 3 is 2.31 bits per heavy atom. The fourth-order valence-corrected chi connectivity index (χ4v) is 1.83. The number of nitrogens with zero attached hydrogens (tertiary/aromatic N) is 2. The second-order valence-corrected chi connectivity index (χ2v) is 3.98. The predicted molar refractivity (Wildman–Crippen MR) is 63.1 cm³/mol. The van der Waals surface area contributed by atoms with E-state index in [0.29, 0.717) is 18.0 Å². The van der Waals surface area contributed by atoms with E-state index < -0.39 is 5.82 Å². The zero-order chi connectivity index (χ0) is 10.7. The highest BCUT2D eigenvalue weighted by Gasteiger charge is 2.18. The average molecular weight is 247 g/mol. The lowest BCUT2D eigenvalue weighted by Gasteiger charge is -2.26. The summed E-state index contributed by atoms with van der Waals surface area (Å²) in [6.45, 7) is 0. The van der Waals surface area contributed by atoms with Crippen LogP contribution in [0.3, 0.4) is 0 Å². The van der Waals surface area contributed by atoms with Gasteiger partial charge in [-0.3, -0.25) is 0 Å². The summed E-state index contributed by atoms with van der Waals surface area (Å²) in [4.78, 5) is 7.73. The van der Waals surface area contributed by atoms with Crippen LogP contribution in [0.1, 0.15) is 25.7 Å². The first kappa shape index (κ1) is 13.1. The van der Waals surface area contributed by atoms with Gasteiger partial charge in [-0.05, 0) is 25.7 Å². The van der Waals surface area contributed by atoms with Gasteiger partial charge in [-0.15, -0.1) is 12.4 Å². The molecule has 0 bridgehead atoms. The van der Waals surface area contributed by atoms with Gasteiger partial charge < -0.3 is 11.1 Å². The number of hydrogen-bond acceptors (Lipinski definition) is 4. The Bertz CT molecular complexity index is 311. The van der Waals surface area contributed by atoms with E-state index in [9.17, 15) is 4.39 Å². The number of nitrogens with two attached hydrogens (primary N) is 1. The molecule has 0 amide bonds. The zero-order valence-electron chi connectivity index (χ0n) is 8.90. The van der Waals surface area contributed by atoms with Gasteiger partial charge in [-0.25, -0.2) is 14.4 Å². The van der Waals surface area contributed by atoms with E-state index in [-0.39, 0.29) is 12.4 Å². The number of anilines is 1. The van der Waals surface area contributed by atoms with Gasteiger partial charge in [0.2, 0.25) is 5.95 Å². The molecular formula is C10H16ClFN4. The molecule has 0 unspecified atom stereocenters. The SMILES string of the molecule is Cl.NC1CCC(Nc2ncc(F)cn2)CC1. The highest BCUT2D eigenvalue weighted by Crippen LogP contribution is 2.19. The fraction of sp³-hybridized carbons (Fsp3) is 0.600. The molecule has 0 atom stereocenters. The summed E-state index contributed by atoms with van der Waals surface area (Å²) in [6.07, 6.45) is 6.45. The summed E-state index contributed by atoms with van der Waals surface area (Å²) in [5, 5.41) is 3.18. The monoisotopic (exact) mass is 246 g/mol. The van der Waals surface area contributed by atoms with Crippen LogP contribution in [0.25, 0.3) is 0 Å². The summed E-state index contributed by atoms with van der Waals surface area (Å²) < 4.78 is 12.5. The molecular weight excluding hydrogens is 231 g/mol. The Morgan fingerprint density at radius 2 is 1.75 bits per heavy atom. The molecule has 0 spiro atoms. The minimum atomic E-state index is -0.411. The van der Waals surface area contributed by atoms with Crippen LogP contribution >= 0.6 is 12.4 Å². The molecule has 90 valence electrons. The van der Waals surface area contributed by atoms with Crippen LogP contribution < -0.4 is 11.1 Å². The number of rotatable bonds is 2. The van der Waals surface area contributed by atoms with Crippen molar-refractivity contribution in [3.05, 3.63) is 18.2 Å². The van der Waals surface area contributed by atoms with E-state index in [4.69, 9.17) is 5.73 Å². The van der Waals surface area contributed by atoms with Gasteiger partial charge in [0.15, 0.2) is 5.82 Å². The van der Waals surface area contributed by atoms with E-state index in [1.54, 1.807) is 0 Å². The Morgan fingerprint density at radius 1 is 1.19 bits per heavy atom. The second-order valence-electron chi connectivity index (χ2n) is 3.98. The smallest absolute Gasteiger partial charge is 0.222 e. The Hall–Kier alpha value is -0.940. The molecule has 1 aliphatic rings. The highest BCUT2D eigenvalue weighted by molar-refractivity contribution is 5.85. The average Bonchev–Trinajstić information content (AvgIpc) is 2.25. The second kappa shape index (κ2) is 5.96. The third-order valence-corrected chi connectivity index (χ3v) is 2.73. The van der Waals surface area contributed by atoms with Crippen molar-refractivity contribution in [1.29, 1.82) is 0 Å². The van der Waals surface area contributed by atoms with Gasteiger partial charge in [0, 0.05) is 12.1 Å². The summed E-state index contributed by atoms with van der Waals surface area (Å²) in [6, 6.07) is 0.701. The van der Waals surface area contributed by atoms with Crippen LogP contribution in [0.4, 0.5) is 10.3 Å². The van der Waals surface area contributed by atoms with Crippen molar-refractivity contribution in [2.24, 2.45) is 5.73 Å². The van der Waals surface area contributed by atoms with Gasteiger partial charge >= 0.3 is 0 Å². The zero-order valence-corrected chi connectivity index (χ0v) is 9.71. The van der Waals surface area contributed by atoms with Gasteiger partial charge in [-0.2, -0.15) is 0 Å². The lowest BCUT2D eigenvalue weighted by Crippen LogP contribution is -2.33. The summed E-state index contributed by atoms with van der Waals surface area (Å²) in [5.74, 6) is 0.0862. The van der Waals surface area contributed by atoms with Crippen molar-refractivity contribution in [2.45, 2.75) is 37.8 Å². The molecule has 0 aromatic carbocycles. The lowest BCUT2D eigenvalue weighted by atomic mass is 9.92. The number of halogens is 2. The minimum Gasteiger partial charge on any atom is -0.351 e. The van der Waals surface area contributed by atoms with Crippen molar-refractivity contribution in [2.75, 3.05) is 5.32 Å². The first-order chi connectivity index (χ1) is 7.24. The molecule has 1 aliphatic carbocycles. The van der Waals surface area contributed by atoms with E-state index in [1.807, 2.05) is 0 Å². The maximum absolute atomic E-state index is 12.5. The van der Waals surface area contributed by atoms with E-state index in [0.717, 1.165) is 25.7 Å². The molecule has 2 rings (SSSR count). The van der Waals surface area contributed by atoms with Crippen LogP contribution in [0, 0.1) is 5.82 Å². The van der Waals surface area contributed by atoms with Crippen molar-refractivity contribution < 1.29 is 4.39 Å². The molecule has 1 fully saturated rings. The van der Waals surface area contributed by atoms with Gasteiger partial charge in [-0.1, -0.05) is 0 Å². The van der Waals surface area contributed by atoms with Crippen LogP contribution in [0.5, 0.6) is 0 Å². The summed E-state index contributed by atoms with van der Waals surface area (Å²) >= 11 is 0. The molecule has 1 aromatic heterocycles. The maximum atomic E-state index is 12.5. The summed E-state index contributed by atoms with van der Waals surface area (Å²) in [5.41, 5.74) is 5.80. The highest BCUT2D eigenvalue weighted by atomic mass is 35.5. The van der Waals surface area contributed by atoms with Crippen LogP contribution in [0.15, 0.2) is 12.4 Å². The molecule has 16 heavy (non-hydrogen) atoms. The van der Waals surface area contributed by atoms with Crippen molar-refractivity contribution in [3.63, 3.8) is 0 Å². The quantitative estimate of drug-likeness (QED) is 0.834. The minimum absolute atomic E-state index is 0. The van der Waals surface area contributed by atoms with Crippen LogP contribution in [-0.2, 0) is 0 Å². The van der Waals surface area contributed by atoms with E-state index in [1.165, 1.54) is 12.4 Å². The lowest BCUT2D eigenvalue weighted by molar-refractivity contribution is 0.409. The van der Waals surface area contributed by atoms with Crippen LogP contribution in [-0.4, -0.2) is 22.1 Å². The van der Waals surface area contributed by atoms with Gasteiger partial charge in [0.1, 0.15) is 0 Å². The maximum Gasteiger partial charge on any atom is 0.222 e. The van der Waals surface area contributed by atoms with Crippen molar-refractivity contribution >= 4 is 18.4 Å².